The van der Waals surface area contributed by atoms with Crippen LogP contribution < -0.4 is 5.73 Å². The molecule has 2 rings (SSSR count). The van der Waals surface area contributed by atoms with Gasteiger partial charge in [0.15, 0.2) is 0 Å². The van der Waals surface area contributed by atoms with Crippen LogP contribution in [0.1, 0.15) is 63.4 Å². The molecule has 94 valence electrons. The number of rotatable bonds is 2. The van der Waals surface area contributed by atoms with Crippen molar-refractivity contribution in [3.8, 4) is 0 Å². The lowest BCUT2D eigenvalue weighted by Crippen LogP contribution is -2.09. The summed E-state index contributed by atoms with van der Waals surface area (Å²) in [6.45, 7) is 6.56. The lowest BCUT2D eigenvalue weighted by molar-refractivity contribution is 0.582. The monoisotopic (exact) mass is 297 g/mol. The summed E-state index contributed by atoms with van der Waals surface area (Å²) in [6.07, 6.45) is 3.67. The second-order valence-corrected chi connectivity index (χ2v) is 6.23. The second kappa shape index (κ2) is 4.92. The summed E-state index contributed by atoms with van der Waals surface area (Å²) in [6, 6.07) is 0. The van der Waals surface area contributed by atoms with Crippen LogP contribution in [0.25, 0.3) is 0 Å². The molecular weight excluding hydrogens is 278 g/mol. The Bertz CT molecular complexity index is 417. The molecule has 0 amide bonds. The molecule has 3 nitrogen and oxygen atoms in total. The van der Waals surface area contributed by atoms with E-state index < -0.39 is 0 Å². The molecule has 1 saturated carbocycles. The maximum Gasteiger partial charge on any atom is 0.141 e. The van der Waals surface area contributed by atoms with Crippen molar-refractivity contribution >= 4 is 21.7 Å². The molecule has 0 bridgehead atoms. The Morgan fingerprint density at radius 3 is 2.53 bits per heavy atom. The van der Waals surface area contributed by atoms with Crippen molar-refractivity contribution in [2.45, 2.75) is 51.9 Å². The molecule has 0 aromatic carbocycles. The predicted octanol–water partition coefficient (Wildman–Crippen LogP) is 3.85. The van der Waals surface area contributed by atoms with Gasteiger partial charge in [-0.2, -0.15) is 0 Å². The Morgan fingerprint density at radius 2 is 2.00 bits per heavy atom. The molecule has 17 heavy (non-hydrogen) atoms. The molecule has 1 heterocycles. The van der Waals surface area contributed by atoms with Crippen LogP contribution in [0.3, 0.4) is 0 Å². The smallest absolute Gasteiger partial charge is 0.141 e. The minimum absolute atomic E-state index is 0.368. The standard InChI is InChI=1S/C13H20BrN3/c1-7(2)11-10(14)12(15)17-13(16-11)9-5-4-8(3)6-9/h7-9H,4-6H2,1-3H3,(H2,15,16,17). The zero-order valence-corrected chi connectivity index (χ0v) is 12.3. The van der Waals surface area contributed by atoms with E-state index in [0.717, 1.165) is 21.9 Å². The third kappa shape index (κ3) is 2.62. The molecule has 0 aliphatic heterocycles. The van der Waals surface area contributed by atoms with Gasteiger partial charge in [0, 0.05) is 5.92 Å². The van der Waals surface area contributed by atoms with E-state index in [1.165, 1.54) is 19.3 Å². The summed E-state index contributed by atoms with van der Waals surface area (Å²) in [5.74, 6) is 3.18. The summed E-state index contributed by atoms with van der Waals surface area (Å²) in [5, 5.41) is 0. The van der Waals surface area contributed by atoms with E-state index in [2.05, 4.69) is 41.7 Å². The van der Waals surface area contributed by atoms with Crippen LogP contribution in [0.5, 0.6) is 0 Å². The molecular formula is C13H20BrN3. The van der Waals surface area contributed by atoms with E-state index in [4.69, 9.17) is 10.7 Å². The lowest BCUT2D eigenvalue weighted by Gasteiger charge is -2.14. The maximum atomic E-state index is 5.96. The molecule has 2 atom stereocenters. The van der Waals surface area contributed by atoms with Crippen molar-refractivity contribution in [3.63, 3.8) is 0 Å². The Balaban J connectivity index is 2.35. The normalized spacial score (nSPS) is 24.5. The van der Waals surface area contributed by atoms with E-state index >= 15 is 0 Å². The third-order valence-electron chi connectivity index (χ3n) is 3.53. The first-order valence-corrected chi connectivity index (χ1v) is 7.11. The lowest BCUT2D eigenvalue weighted by atomic mass is 10.0. The van der Waals surface area contributed by atoms with Crippen molar-refractivity contribution in [2.24, 2.45) is 5.92 Å². The number of nitrogens with zero attached hydrogens (tertiary/aromatic N) is 2. The summed E-state index contributed by atoms with van der Waals surface area (Å²) < 4.78 is 0.863. The van der Waals surface area contributed by atoms with Gasteiger partial charge in [0.2, 0.25) is 0 Å². The highest BCUT2D eigenvalue weighted by Gasteiger charge is 2.26. The van der Waals surface area contributed by atoms with Crippen LogP contribution in [0.4, 0.5) is 5.82 Å². The van der Waals surface area contributed by atoms with Gasteiger partial charge in [-0.3, -0.25) is 0 Å². The average Bonchev–Trinajstić information content (AvgIpc) is 2.68. The van der Waals surface area contributed by atoms with Crippen LogP contribution in [-0.2, 0) is 0 Å². The molecule has 0 spiro atoms. The Hall–Kier alpha value is -0.640. The van der Waals surface area contributed by atoms with Gasteiger partial charge in [-0.25, -0.2) is 9.97 Å². The fourth-order valence-corrected chi connectivity index (χ4v) is 3.14. The summed E-state index contributed by atoms with van der Waals surface area (Å²) in [4.78, 5) is 9.16. The molecule has 0 radical (unpaired) electrons. The average molecular weight is 298 g/mol. The fraction of sp³-hybridized carbons (Fsp3) is 0.692. The third-order valence-corrected chi connectivity index (χ3v) is 4.34. The summed E-state index contributed by atoms with van der Waals surface area (Å²) in [5.41, 5.74) is 7.00. The Labute approximate surface area is 111 Å². The Kier molecular flexibility index (Phi) is 3.71. The number of halogens is 1. The van der Waals surface area contributed by atoms with Gasteiger partial charge in [-0.05, 0) is 47.0 Å². The topological polar surface area (TPSA) is 51.8 Å². The van der Waals surface area contributed by atoms with Gasteiger partial charge in [0.25, 0.3) is 0 Å². The summed E-state index contributed by atoms with van der Waals surface area (Å²) in [7, 11) is 0. The maximum absolute atomic E-state index is 5.96. The summed E-state index contributed by atoms with van der Waals surface area (Å²) >= 11 is 3.49. The van der Waals surface area contributed by atoms with Gasteiger partial charge in [-0.15, -0.1) is 0 Å². The van der Waals surface area contributed by atoms with Crippen LogP contribution in [-0.4, -0.2) is 9.97 Å². The molecule has 1 aliphatic carbocycles. The van der Waals surface area contributed by atoms with E-state index in [-0.39, 0.29) is 0 Å². The largest absolute Gasteiger partial charge is 0.383 e. The highest BCUT2D eigenvalue weighted by Crippen LogP contribution is 2.38. The van der Waals surface area contributed by atoms with E-state index in [1.54, 1.807) is 0 Å². The van der Waals surface area contributed by atoms with Crippen LogP contribution in [0, 0.1) is 5.92 Å². The van der Waals surface area contributed by atoms with Crippen molar-refractivity contribution in [3.05, 3.63) is 16.0 Å². The molecule has 2 N–H and O–H groups in total. The van der Waals surface area contributed by atoms with Gasteiger partial charge >= 0.3 is 0 Å². The highest BCUT2D eigenvalue weighted by molar-refractivity contribution is 9.10. The number of hydrogen-bond acceptors (Lipinski definition) is 3. The first-order chi connectivity index (χ1) is 7.99. The van der Waals surface area contributed by atoms with E-state index in [0.29, 0.717) is 17.7 Å². The van der Waals surface area contributed by atoms with Crippen molar-refractivity contribution in [1.29, 1.82) is 0 Å². The van der Waals surface area contributed by atoms with E-state index in [1.807, 2.05) is 0 Å². The second-order valence-electron chi connectivity index (χ2n) is 5.44. The van der Waals surface area contributed by atoms with Crippen molar-refractivity contribution in [1.82, 2.24) is 9.97 Å². The SMILES string of the molecule is CC1CCC(c2nc(N)c(Br)c(C(C)C)n2)C1. The van der Waals surface area contributed by atoms with Gasteiger partial charge in [0.1, 0.15) is 11.6 Å². The quantitative estimate of drug-likeness (QED) is 0.902. The molecule has 1 aliphatic rings. The number of anilines is 1. The van der Waals surface area contributed by atoms with Gasteiger partial charge < -0.3 is 5.73 Å². The number of hydrogen-bond donors (Lipinski definition) is 1. The van der Waals surface area contributed by atoms with E-state index in [9.17, 15) is 0 Å². The fourth-order valence-electron chi connectivity index (χ4n) is 2.51. The number of nitrogen functional groups attached to an aromatic ring is 1. The van der Waals surface area contributed by atoms with Crippen LogP contribution in [0.15, 0.2) is 4.47 Å². The van der Waals surface area contributed by atoms with Crippen LogP contribution in [0.2, 0.25) is 0 Å². The van der Waals surface area contributed by atoms with Crippen molar-refractivity contribution < 1.29 is 0 Å². The first-order valence-electron chi connectivity index (χ1n) is 6.31. The number of nitrogens with two attached hydrogens (primary N) is 1. The van der Waals surface area contributed by atoms with Gasteiger partial charge in [-0.1, -0.05) is 20.8 Å². The molecule has 1 aromatic heterocycles. The molecule has 2 unspecified atom stereocenters. The molecule has 4 heteroatoms. The zero-order chi connectivity index (χ0) is 12.6. The van der Waals surface area contributed by atoms with Crippen molar-refractivity contribution in [2.75, 3.05) is 5.73 Å². The minimum Gasteiger partial charge on any atom is -0.383 e. The minimum atomic E-state index is 0.368. The van der Waals surface area contributed by atoms with Crippen LogP contribution >= 0.6 is 15.9 Å². The number of aromatic nitrogens is 2. The van der Waals surface area contributed by atoms with Gasteiger partial charge in [0.05, 0.1) is 10.2 Å². The molecule has 1 aromatic rings. The highest BCUT2D eigenvalue weighted by atomic mass is 79.9. The molecule has 0 saturated heterocycles. The zero-order valence-electron chi connectivity index (χ0n) is 10.7. The molecule has 1 fully saturated rings. The first kappa shape index (κ1) is 12.8. The Morgan fingerprint density at radius 1 is 1.29 bits per heavy atom. The predicted molar refractivity (Wildman–Crippen MR) is 74.0 cm³/mol.